The maximum Gasteiger partial charge on any atom is 0.423 e. The smallest absolute Gasteiger partial charge is 0.423 e. The lowest BCUT2D eigenvalue weighted by atomic mass is 9.89. The number of aromatic nitrogens is 4. The number of para-hydroxylation sites is 1. The number of nitrogens with zero attached hydrogens (tertiary/aromatic N) is 8. The van der Waals surface area contributed by atoms with Crippen molar-refractivity contribution in [2.75, 3.05) is 44.1 Å². The Morgan fingerprint density at radius 1 is 0.984 bits per heavy atom. The van der Waals surface area contributed by atoms with Crippen LogP contribution in [-0.2, 0) is 23.2 Å². The van der Waals surface area contributed by atoms with Gasteiger partial charge in [-0.25, -0.2) is 19.2 Å². The number of aryl methyl sites for hydroxylation is 2. The van der Waals surface area contributed by atoms with E-state index in [0.29, 0.717) is 58.3 Å². The highest BCUT2D eigenvalue weighted by molar-refractivity contribution is 7.22. The van der Waals surface area contributed by atoms with E-state index in [2.05, 4.69) is 47.6 Å². The normalized spacial score (nSPS) is 14.7. The zero-order chi connectivity index (χ0) is 44.6. The van der Waals surface area contributed by atoms with Gasteiger partial charge in [0.25, 0.3) is 0 Å². The number of alkyl halides is 3. The molecule has 1 atom stereocenters. The topological polar surface area (TPSA) is 130 Å². The van der Waals surface area contributed by atoms with Crippen molar-refractivity contribution in [2.24, 2.45) is 10.2 Å². The fraction of sp³-hybridized carbons (Fsp3) is 0.267. The minimum absolute atomic E-state index is 0.0415. The fourth-order valence-electron chi connectivity index (χ4n) is 6.42. The molecule has 63 heavy (non-hydrogen) atoms. The van der Waals surface area contributed by atoms with Crippen molar-refractivity contribution in [3.05, 3.63) is 136 Å². The summed E-state index contributed by atoms with van der Waals surface area (Å²) in [5, 5.41) is 20.4. The minimum atomic E-state index is -4.68. The summed E-state index contributed by atoms with van der Waals surface area (Å²) in [6.45, 7) is 4.74. The number of fused-ring (bicyclic) bond motifs is 1. The van der Waals surface area contributed by atoms with E-state index in [-0.39, 0.29) is 30.2 Å². The van der Waals surface area contributed by atoms with E-state index in [9.17, 15) is 18.0 Å². The summed E-state index contributed by atoms with van der Waals surface area (Å²) >= 11 is 2.85. The molecular formula is C45H41F4N9O3S2. The van der Waals surface area contributed by atoms with Crippen LogP contribution in [0.1, 0.15) is 51.0 Å². The first-order valence-electron chi connectivity index (χ1n) is 19.7. The number of halogens is 4. The van der Waals surface area contributed by atoms with Crippen LogP contribution in [0.5, 0.6) is 5.75 Å². The molecule has 3 aromatic carbocycles. The highest BCUT2D eigenvalue weighted by Gasteiger charge is 2.55. The van der Waals surface area contributed by atoms with Gasteiger partial charge in [-0.1, -0.05) is 65.7 Å². The number of thiazole rings is 2. The van der Waals surface area contributed by atoms with Gasteiger partial charge in [0.1, 0.15) is 0 Å². The number of benzene rings is 3. The first kappa shape index (κ1) is 44.5. The Labute approximate surface area is 369 Å². The average molecular weight is 896 g/mol. The van der Waals surface area contributed by atoms with Crippen LogP contribution in [0.2, 0.25) is 0 Å². The highest BCUT2D eigenvalue weighted by atomic mass is 32.1. The number of carbonyl (C=O) groups is 1. The van der Waals surface area contributed by atoms with E-state index in [0.717, 1.165) is 27.4 Å². The summed E-state index contributed by atoms with van der Waals surface area (Å²) in [7, 11) is 3.62. The standard InChI is InChI=1S/C45H41F4N9O3S2/c1-5-60-41(59)39-37(63-43(52-39)58(4)38-26-29(2)40(55-54-38)53-42-51-34-13-6-7-14-36(34)62-42)15-11-25-61-35-21-18-30(27-33(35)46)12-10-24-57(3)28-31-16-19-32(20-17-31)44(45(47,48)49)22-8-9-23-50-56-44/h6-9,13-14,16-23,26-27H,5,11,15,24-25,28H2,1-4H3,(H,51,53,55). The number of ether oxygens (including phenoxy) is 2. The summed E-state index contributed by atoms with van der Waals surface area (Å²) in [4.78, 5) is 26.5. The van der Waals surface area contributed by atoms with Crippen molar-refractivity contribution < 1.29 is 31.8 Å². The highest BCUT2D eigenvalue weighted by Crippen LogP contribution is 2.45. The van der Waals surface area contributed by atoms with Crippen LogP contribution in [0, 0.1) is 24.6 Å². The first-order chi connectivity index (χ1) is 30.3. The predicted octanol–water partition coefficient (Wildman–Crippen LogP) is 10.5. The van der Waals surface area contributed by atoms with Gasteiger partial charge in [-0.05, 0) is 99.0 Å². The number of esters is 1. The van der Waals surface area contributed by atoms with Crippen molar-refractivity contribution in [3.8, 4) is 17.6 Å². The van der Waals surface area contributed by atoms with Crippen molar-refractivity contribution >= 4 is 60.8 Å². The molecule has 0 spiro atoms. The molecule has 0 saturated heterocycles. The van der Waals surface area contributed by atoms with Crippen LogP contribution in [0.25, 0.3) is 10.2 Å². The molecule has 1 unspecified atom stereocenters. The van der Waals surface area contributed by atoms with Crippen molar-refractivity contribution in [2.45, 2.75) is 44.9 Å². The second-order valence-corrected chi connectivity index (χ2v) is 16.4. The summed E-state index contributed by atoms with van der Waals surface area (Å²) in [6, 6.07) is 20.3. The van der Waals surface area contributed by atoms with E-state index >= 15 is 4.39 Å². The van der Waals surface area contributed by atoms with Crippen LogP contribution < -0.4 is 15.0 Å². The zero-order valence-corrected chi connectivity index (χ0v) is 36.2. The Hall–Kier alpha value is -6.55. The van der Waals surface area contributed by atoms with Crippen LogP contribution in [0.15, 0.2) is 107 Å². The lowest BCUT2D eigenvalue weighted by Gasteiger charge is -2.28. The number of hydrogen-bond donors (Lipinski definition) is 1. The number of nitrogens with one attached hydrogen (secondary N) is 1. The second kappa shape index (κ2) is 19.7. The molecule has 0 amide bonds. The fourth-order valence-corrected chi connectivity index (χ4v) is 8.35. The number of hydrogen-bond acceptors (Lipinski definition) is 14. The molecule has 0 fully saturated rings. The van der Waals surface area contributed by atoms with Crippen molar-refractivity contribution in [1.82, 2.24) is 25.1 Å². The van der Waals surface area contributed by atoms with Gasteiger partial charge in [0, 0.05) is 30.2 Å². The third-order valence-corrected chi connectivity index (χ3v) is 11.8. The van der Waals surface area contributed by atoms with Gasteiger partial charge in [0.2, 0.25) is 5.54 Å². The summed E-state index contributed by atoms with van der Waals surface area (Å²) in [5.41, 5.74) is 0.567. The molecule has 1 aliphatic rings. The number of allylic oxidation sites excluding steroid dienone is 2. The van der Waals surface area contributed by atoms with E-state index in [1.54, 1.807) is 37.1 Å². The Kier molecular flexibility index (Phi) is 13.9. The number of carbonyl (C=O) groups excluding carboxylic acids is 1. The monoisotopic (exact) mass is 895 g/mol. The second-order valence-electron chi connectivity index (χ2n) is 14.3. The molecule has 7 rings (SSSR count). The molecule has 0 saturated carbocycles. The molecule has 1 N–H and O–H groups in total. The molecule has 4 heterocycles. The van der Waals surface area contributed by atoms with Gasteiger partial charge in [-0.15, -0.1) is 21.5 Å². The van der Waals surface area contributed by atoms with Crippen molar-refractivity contribution in [3.63, 3.8) is 0 Å². The molecule has 18 heteroatoms. The lowest BCUT2D eigenvalue weighted by Crippen LogP contribution is -2.38. The van der Waals surface area contributed by atoms with Gasteiger partial charge >= 0.3 is 12.1 Å². The summed E-state index contributed by atoms with van der Waals surface area (Å²) in [6.07, 6.45) is 1.09. The third-order valence-electron chi connectivity index (χ3n) is 9.69. The summed E-state index contributed by atoms with van der Waals surface area (Å²) < 4.78 is 69.6. The maximum absolute atomic E-state index is 15.1. The maximum atomic E-state index is 15.1. The van der Waals surface area contributed by atoms with E-state index in [1.807, 2.05) is 49.2 Å². The molecule has 0 aliphatic carbocycles. The molecule has 3 aromatic heterocycles. The first-order valence-corrected chi connectivity index (χ1v) is 21.4. The quantitative estimate of drug-likeness (QED) is 0.0460. The van der Waals surface area contributed by atoms with Crippen molar-refractivity contribution in [1.29, 1.82) is 0 Å². The Morgan fingerprint density at radius 2 is 1.79 bits per heavy atom. The van der Waals surface area contributed by atoms with Gasteiger partial charge in [0.15, 0.2) is 39.2 Å². The summed E-state index contributed by atoms with van der Waals surface area (Å²) in [5.74, 6) is 6.02. The molecule has 0 bridgehead atoms. The van der Waals surface area contributed by atoms with Crippen LogP contribution in [0.3, 0.4) is 0 Å². The molecule has 0 radical (unpaired) electrons. The SMILES string of the molecule is CCOC(=O)c1nc(N(C)c2cc(C)c(Nc3nc4ccccc4s3)nn2)sc1CCCOc1ccc(C#CCN(C)Cc2ccc(C3(C(F)(F)F)C=CC=CN=N3)cc2)cc1F. The Balaban J connectivity index is 0.916. The molecular weight excluding hydrogens is 855 g/mol. The van der Waals surface area contributed by atoms with Gasteiger partial charge in [-0.3, -0.25) is 4.90 Å². The molecule has 324 valence electrons. The van der Waals surface area contributed by atoms with Crippen LogP contribution >= 0.6 is 22.7 Å². The molecule has 6 aromatic rings. The third kappa shape index (κ3) is 10.6. The van der Waals surface area contributed by atoms with Gasteiger partial charge in [0.05, 0.1) is 30.0 Å². The van der Waals surface area contributed by atoms with Crippen LogP contribution in [-0.4, -0.2) is 71.1 Å². The zero-order valence-electron chi connectivity index (χ0n) is 34.6. The number of azo groups is 1. The predicted molar refractivity (Wildman–Crippen MR) is 237 cm³/mol. The Morgan fingerprint density at radius 3 is 2.54 bits per heavy atom. The average Bonchev–Trinajstić information content (AvgIpc) is 3.78. The van der Waals surface area contributed by atoms with E-state index < -0.39 is 23.5 Å². The Bertz CT molecular complexity index is 2690. The van der Waals surface area contributed by atoms with E-state index in [1.165, 1.54) is 65.3 Å². The molecule has 12 nitrogen and oxygen atoms in total. The minimum Gasteiger partial charge on any atom is -0.491 e. The van der Waals surface area contributed by atoms with Gasteiger partial charge < -0.3 is 19.7 Å². The lowest BCUT2D eigenvalue weighted by molar-refractivity contribution is -0.175. The van der Waals surface area contributed by atoms with E-state index in [4.69, 9.17) is 9.47 Å². The van der Waals surface area contributed by atoms with Gasteiger partial charge in [-0.2, -0.15) is 23.4 Å². The largest absolute Gasteiger partial charge is 0.491 e. The number of rotatable bonds is 15. The van der Waals surface area contributed by atoms with Crippen LogP contribution in [0.4, 0.5) is 39.5 Å². The molecule has 1 aliphatic heterocycles. The number of anilines is 4.